The zero-order valence-corrected chi connectivity index (χ0v) is 9.03. The second kappa shape index (κ2) is 5.66. The zero-order chi connectivity index (χ0) is 11.2. The van der Waals surface area contributed by atoms with Crippen molar-refractivity contribution in [2.24, 2.45) is 10.8 Å². The van der Waals surface area contributed by atoms with E-state index in [1.807, 2.05) is 13.8 Å². The van der Waals surface area contributed by atoms with E-state index in [1.165, 1.54) is 0 Å². The van der Waals surface area contributed by atoms with E-state index in [9.17, 15) is 20.4 Å². The van der Waals surface area contributed by atoms with E-state index in [1.54, 1.807) is 0 Å². The van der Waals surface area contributed by atoms with Crippen LogP contribution in [-0.4, -0.2) is 46.9 Å². The van der Waals surface area contributed by atoms with Crippen molar-refractivity contribution in [1.82, 2.24) is 0 Å². The number of rotatable bonds is 7. The topological polar surface area (TPSA) is 80.9 Å². The van der Waals surface area contributed by atoms with Crippen molar-refractivity contribution in [2.75, 3.05) is 26.4 Å². The number of aliphatic hydroxyl groups excluding tert-OH is 4. The highest BCUT2D eigenvalue weighted by Gasteiger charge is 2.47. The lowest BCUT2D eigenvalue weighted by Gasteiger charge is -2.46. The predicted octanol–water partition coefficient (Wildman–Crippen LogP) is -0.252. The highest BCUT2D eigenvalue weighted by molar-refractivity contribution is 4.95. The summed E-state index contributed by atoms with van der Waals surface area (Å²) in [6.45, 7) is 2.76. The zero-order valence-electron chi connectivity index (χ0n) is 9.03. The Balaban J connectivity index is 5.08. The molecular weight excluding hydrogens is 184 g/mol. The highest BCUT2D eigenvalue weighted by Crippen LogP contribution is 2.43. The molecule has 0 spiro atoms. The molecule has 0 saturated heterocycles. The summed E-state index contributed by atoms with van der Waals surface area (Å²) < 4.78 is 0. The van der Waals surface area contributed by atoms with Gasteiger partial charge in [0.15, 0.2) is 0 Å². The SMILES string of the molecule is CCC(CO)(CO)C(CC)(CO)CO. The molecule has 0 aromatic heterocycles. The lowest BCUT2D eigenvalue weighted by molar-refractivity contribution is -0.117. The van der Waals surface area contributed by atoms with E-state index >= 15 is 0 Å². The van der Waals surface area contributed by atoms with Gasteiger partial charge >= 0.3 is 0 Å². The molecule has 0 amide bonds. The van der Waals surface area contributed by atoms with Crippen LogP contribution in [0.15, 0.2) is 0 Å². The predicted molar refractivity (Wildman–Crippen MR) is 53.8 cm³/mol. The van der Waals surface area contributed by atoms with Gasteiger partial charge in [-0.05, 0) is 12.8 Å². The largest absolute Gasteiger partial charge is 0.396 e. The quantitative estimate of drug-likeness (QED) is 0.463. The summed E-state index contributed by atoms with van der Waals surface area (Å²) in [6.07, 6.45) is 1.05. The van der Waals surface area contributed by atoms with Crippen molar-refractivity contribution in [3.05, 3.63) is 0 Å². The molecule has 0 unspecified atom stereocenters. The van der Waals surface area contributed by atoms with E-state index in [-0.39, 0.29) is 26.4 Å². The van der Waals surface area contributed by atoms with Crippen LogP contribution in [0.25, 0.3) is 0 Å². The molecule has 0 aromatic rings. The Kier molecular flexibility index (Phi) is 5.59. The summed E-state index contributed by atoms with van der Waals surface area (Å²) in [5.41, 5.74) is -1.60. The van der Waals surface area contributed by atoms with E-state index in [0.717, 1.165) is 0 Å². The summed E-state index contributed by atoms with van der Waals surface area (Å²) in [5, 5.41) is 37.3. The summed E-state index contributed by atoms with van der Waals surface area (Å²) in [7, 11) is 0. The lowest BCUT2D eigenvalue weighted by Crippen LogP contribution is -2.51. The van der Waals surface area contributed by atoms with Crippen LogP contribution in [0.3, 0.4) is 0 Å². The van der Waals surface area contributed by atoms with Crippen LogP contribution < -0.4 is 0 Å². The summed E-state index contributed by atoms with van der Waals surface area (Å²) in [5.74, 6) is 0. The Hall–Kier alpha value is -0.160. The minimum absolute atomic E-state index is 0.227. The molecule has 0 atom stereocenters. The van der Waals surface area contributed by atoms with Gasteiger partial charge in [-0.2, -0.15) is 0 Å². The molecule has 0 bridgehead atoms. The van der Waals surface area contributed by atoms with E-state index in [4.69, 9.17) is 0 Å². The Morgan fingerprint density at radius 3 is 0.929 bits per heavy atom. The van der Waals surface area contributed by atoms with Gasteiger partial charge in [0.1, 0.15) is 0 Å². The first-order valence-electron chi connectivity index (χ1n) is 5.05. The lowest BCUT2D eigenvalue weighted by atomic mass is 9.61. The van der Waals surface area contributed by atoms with Gasteiger partial charge in [-0.25, -0.2) is 0 Å². The number of aliphatic hydroxyl groups is 4. The molecule has 14 heavy (non-hydrogen) atoms. The summed E-state index contributed by atoms with van der Waals surface area (Å²) in [6, 6.07) is 0. The molecule has 4 nitrogen and oxygen atoms in total. The average Bonchev–Trinajstić information content (AvgIpc) is 2.27. The third-order valence-electron chi connectivity index (χ3n) is 3.69. The van der Waals surface area contributed by atoms with Gasteiger partial charge in [-0.3, -0.25) is 0 Å². The molecule has 0 saturated carbocycles. The van der Waals surface area contributed by atoms with Crippen molar-refractivity contribution >= 4 is 0 Å². The fourth-order valence-electron chi connectivity index (χ4n) is 1.97. The first-order valence-corrected chi connectivity index (χ1v) is 5.05. The van der Waals surface area contributed by atoms with Gasteiger partial charge in [0, 0.05) is 10.8 Å². The molecule has 0 radical (unpaired) electrons. The van der Waals surface area contributed by atoms with Gasteiger partial charge in [-0.1, -0.05) is 13.8 Å². The van der Waals surface area contributed by atoms with Crippen LogP contribution in [0.2, 0.25) is 0 Å². The maximum atomic E-state index is 9.32. The Morgan fingerprint density at radius 1 is 0.643 bits per heavy atom. The molecular formula is C10H22O4. The Labute approximate surface area is 85.2 Å². The van der Waals surface area contributed by atoms with Crippen molar-refractivity contribution in [2.45, 2.75) is 26.7 Å². The van der Waals surface area contributed by atoms with E-state index < -0.39 is 10.8 Å². The molecule has 4 N–H and O–H groups in total. The molecule has 0 heterocycles. The van der Waals surface area contributed by atoms with Gasteiger partial charge in [0.25, 0.3) is 0 Å². The molecule has 0 aliphatic heterocycles. The summed E-state index contributed by atoms with van der Waals surface area (Å²) in [4.78, 5) is 0. The smallest absolute Gasteiger partial charge is 0.0516 e. The van der Waals surface area contributed by atoms with Crippen LogP contribution in [0.1, 0.15) is 26.7 Å². The minimum atomic E-state index is -0.800. The van der Waals surface area contributed by atoms with Crippen molar-refractivity contribution in [1.29, 1.82) is 0 Å². The maximum Gasteiger partial charge on any atom is 0.0516 e. The highest BCUT2D eigenvalue weighted by atomic mass is 16.3. The fourth-order valence-corrected chi connectivity index (χ4v) is 1.97. The standard InChI is InChI=1S/C10H22O4/c1-3-9(5-11,6-12)10(4-2,7-13)8-14/h11-14H,3-8H2,1-2H3. The monoisotopic (exact) mass is 206 g/mol. The van der Waals surface area contributed by atoms with Crippen LogP contribution >= 0.6 is 0 Å². The molecule has 0 aliphatic carbocycles. The van der Waals surface area contributed by atoms with Crippen LogP contribution in [0.5, 0.6) is 0 Å². The van der Waals surface area contributed by atoms with Crippen molar-refractivity contribution in [3.63, 3.8) is 0 Å². The van der Waals surface area contributed by atoms with Gasteiger partial charge < -0.3 is 20.4 Å². The third kappa shape index (κ3) is 1.93. The van der Waals surface area contributed by atoms with Crippen molar-refractivity contribution in [3.8, 4) is 0 Å². The number of hydrogen-bond donors (Lipinski definition) is 4. The molecule has 0 aromatic carbocycles. The average molecular weight is 206 g/mol. The van der Waals surface area contributed by atoms with E-state index in [2.05, 4.69) is 0 Å². The molecule has 0 rings (SSSR count). The minimum Gasteiger partial charge on any atom is -0.396 e. The first-order chi connectivity index (χ1) is 6.61. The fraction of sp³-hybridized carbons (Fsp3) is 1.00. The number of hydrogen-bond acceptors (Lipinski definition) is 4. The van der Waals surface area contributed by atoms with Gasteiger partial charge in [0.05, 0.1) is 26.4 Å². The second-order valence-corrected chi connectivity index (χ2v) is 3.90. The van der Waals surface area contributed by atoms with Gasteiger partial charge in [-0.15, -0.1) is 0 Å². The normalized spacial score (nSPS) is 13.3. The first kappa shape index (κ1) is 13.8. The molecule has 4 heteroatoms. The Bertz CT molecular complexity index is 116. The molecule has 0 fully saturated rings. The van der Waals surface area contributed by atoms with Crippen LogP contribution in [0.4, 0.5) is 0 Å². The van der Waals surface area contributed by atoms with Crippen LogP contribution in [-0.2, 0) is 0 Å². The molecule has 0 aliphatic rings. The Morgan fingerprint density at radius 2 is 0.857 bits per heavy atom. The third-order valence-corrected chi connectivity index (χ3v) is 3.69. The van der Waals surface area contributed by atoms with Crippen LogP contribution in [0, 0.1) is 10.8 Å². The van der Waals surface area contributed by atoms with Crippen molar-refractivity contribution < 1.29 is 20.4 Å². The summed E-state index contributed by atoms with van der Waals surface area (Å²) >= 11 is 0. The molecule has 86 valence electrons. The van der Waals surface area contributed by atoms with E-state index in [0.29, 0.717) is 12.8 Å². The van der Waals surface area contributed by atoms with Gasteiger partial charge in [0.2, 0.25) is 0 Å². The maximum absolute atomic E-state index is 9.32. The second-order valence-electron chi connectivity index (χ2n) is 3.90.